The van der Waals surface area contributed by atoms with Crippen molar-refractivity contribution in [1.29, 1.82) is 0 Å². The van der Waals surface area contributed by atoms with Crippen LogP contribution in [0.25, 0.3) is 5.69 Å². The van der Waals surface area contributed by atoms with E-state index in [1.54, 1.807) is 16.5 Å². The zero-order valence-electron chi connectivity index (χ0n) is 14.8. The van der Waals surface area contributed by atoms with Crippen LogP contribution in [-0.4, -0.2) is 44.8 Å². The van der Waals surface area contributed by atoms with E-state index in [0.29, 0.717) is 18.7 Å². The molecule has 3 rings (SSSR count). The number of aromatic nitrogens is 2. The quantitative estimate of drug-likeness (QED) is 0.928. The Morgan fingerprint density at radius 1 is 1.24 bits per heavy atom. The van der Waals surface area contributed by atoms with Crippen LogP contribution in [0.1, 0.15) is 49.3 Å². The lowest BCUT2D eigenvalue weighted by Gasteiger charge is -2.19. The van der Waals surface area contributed by atoms with Gasteiger partial charge in [-0.2, -0.15) is 5.10 Å². The first-order valence-electron chi connectivity index (χ1n) is 8.50. The molecule has 2 aromatic rings. The second-order valence-corrected chi connectivity index (χ2v) is 7.20. The van der Waals surface area contributed by atoms with Gasteiger partial charge in [0.25, 0.3) is 5.91 Å². The molecule has 1 amide bonds. The maximum Gasteiger partial charge on any atom is 0.311 e. The van der Waals surface area contributed by atoms with Crippen LogP contribution in [0.4, 0.5) is 0 Å². The topological polar surface area (TPSA) is 75.4 Å². The van der Waals surface area contributed by atoms with E-state index in [0.717, 1.165) is 11.4 Å². The number of hydrogen-bond acceptors (Lipinski definition) is 3. The summed E-state index contributed by atoms with van der Waals surface area (Å²) in [6.45, 7) is 6.46. The number of carboxylic acids is 1. The molecule has 0 spiro atoms. The normalized spacial score (nSPS) is 20.2. The zero-order valence-corrected chi connectivity index (χ0v) is 14.8. The van der Waals surface area contributed by atoms with Crippen molar-refractivity contribution in [3.05, 3.63) is 47.8 Å². The van der Waals surface area contributed by atoms with Crippen molar-refractivity contribution in [2.75, 3.05) is 13.1 Å². The van der Waals surface area contributed by atoms with Gasteiger partial charge >= 0.3 is 5.97 Å². The third-order valence-electron chi connectivity index (χ3n) is 4.83. The number of aliphatic carboxylic acids is 1. The molecular weight excluding hydrogens is 318 g/mol. The minimum Gasteiger partial charge on any atom is -0.481 e. The summed E-state index contributed by atoms with van der Waals surface area (Å²) in [4.78, 5) is 25.8. The Bertz CT molecular complexity index is 798. The molecular formula is C19H23N3O3. The van der Waals surface area contributed by atoms with E-state index < -0.39 is 11.4 Å². The van der Waals surface area contributed by atoms with Crippen molar-refractivity contribution in [3.63, 3.8) is 0 Å². The molecule has 1 fully saturated rings. The van der Waals surface area contributed by atoms with Crippen molar-refractivity contribution in [2.45, 2.75) is 33.1 Å². The molecule has 132 valence electrons. The van der Waals surface area contributed by atoms with Gasteiger partial charge in [-0.05, 0) is 37.5 Å². The number of carbonyl (C=O) groups is 2. The lowest BCUT2D eigenvalue weighted by Crippen LogP contribution is -2.35. The number of para-hydroxylation sites is 1. The first kappa shape index (κ1) is 17.2. The number of hydrogen-bond donors (Lipinski definition) is 1. The molecule has 1 aliphatic heterocycles. The molecule has 0 bridgehead atoms. The summed E-state index contributed by atoms with van der Waals surface area (Å²) in [6.07, 6.45) is 0.463. The summed E-state index contributed by atoms with van der Waals surface area (Å²) >= 11 is 0. The van der Waals surface area contributed by atoms with Gasteiger partial charge in [0.05, 0.1) is 11.1 Å². The Balaban J connectivity index is 1.91. The SMILES string of the molecule is CC(C)c1cc(C(=O)N2CCC(C)(C(=O)O)C2)nn1-c1ccccc1. The van der Waals surface area contributed by atoms with E-state index in [9.17, 15) is 14.7 Å². The molecule has 0 saturated carbocycles. The van der Waals surface area contributed by atoms with E-state index >= 15 is 0 Å². The number of benzene rings is 1. The van der Waals surface area contributed by atoms with E-state index in [2.05, 4.69) is 18.9 Å². The highest BCUT2D eigenvalue weighted by atomic mass is 16.4. The largest absolute Gasteiger partial charge is 0.481 e. The number of rotatable bonds is 4. The Kier molecular flexibility index (Phi) is 4.37. The molecule has 2 heterocycles. The lowest BCUT2D eigenvalue weighted by atomic mass is 9.90. The van der Waals surface area contributed by atoms with Crippen LogP contribution in [0.2, 0.25) is 0 Å². The fourth-order valence-electron chi connectivity index (χ4n) is 3.16. The summed E-state index contributed by atoms with van der Waals surface area (Å²) in [5, 5.41) is 13.9. The van der Waals surface area contributed by atoms with Crippen molar-refractivity contribution in [3.8, 4) is 5.69 Å². The standard InChI is InChI=1S/C19H23N3O3/c1-13(2)16-11-15(20-22(16)14-7-5-4-6-8-14)17(23)21-10-9-19(3,12-21)18(24)25/h4-8,11,13H,9-10,12H2,1-3H3,(H,24,25). The Hall–Kier alpha value is -2.63. The van der Waals surface area contributed by atoms with E-state index in [1.807, 2.05) is 36.4 Å². The minimum absolute atomic E-state index is 0.206. The number of carbonyl (C=O) groups excluding carboxylic acids is 1. The Labute approximate surface area is 147 Å². The van der Waals surface area contributed by atoms with Crippen LogP contribution in [0.5, 0.6) is 0 Å². The average Bonchev–Trinajstić information content (AvgIpc) is 3.20. The molecule has 1 unspecified atom stereocenters. The minimum atomic E-state index is -0.876. The fraction of sp³-hybridized carbons (Fsp3) is 0.421. The molecule has 1 aromatic carbocycles. The summed E-state index contributed by atoms with van der Waals surface area (Å²) in [5.41, 5.74) is 1.34. The third-order valence-corrected chi connectivity index (χ3v) is 4.83. The summed E-state index contributed by atoms with van der Waals surface area (Å²) in [7, 11) is 0. The van der Waals surface area contributed by atoms with Crippen molar-refractivity contribution in [1.82, 2.24) is 14.7 Å². The van der Waals surface area contributed by atoms with Crippen molar-refractivity contribution < 1.29 is 14.7 Å². The Morgan fingerprint density at radius 2 is 1.92 bits per heavy atom. The van der Waals surface area contributed by atoms with Gasteiger partial charge < -0.3 is 10.0 Å². The fourth-order valence-corrected chi connectivity index (χ4v) is 3.16. The first-order chi connectivity index (χ1) is 11.8. The van der Waals surface area contributed by atoms with Crippen molar-refractivity contribution in [2.24, 2.45) is 5.41 Å². The van der Waals surface area contributed by atoms with Crippen LogP contribution < -0.4 is 0 Å². The zero-order chi connectivity index (χ0) is 18.2. The predicted molar refractivity (Wildman–Crippen MR) is 93.9 cm³/mol. The number of nitrogens with zero attached hydrogens (tertiary/aromatic N) is 3. The summed E-state index contributed by atoms with van der Waals surface area (Å²) in [6, 6.07) is 11.5. The molecule has 6 heteroatoms. The van der Waals surface area contributed by atoms with Gasteiger partial charge in [0.1, 0.15) is 0 Å². The maximum absolute atomic E-state index is 12.8. The highest BCUT2D eigenvalue weighted by molar-refractivity contribution is 5.93. The Morgan fingerprint density at radius 3 is 2.48 bits per heavy atom. The van der Waals surface area contributed by atoms with Crippen LogP contribution in [0.3, 0.4) is 0 Å². The van der Waals surface area contributed by atoms with E-state index in [1.165, 1.54) is 0 Å². The van der Waals surface area contributed by atoms with E-state index in [-0.39, 0.29) is 18.4 Å². The molecule has 1 saturated heterocycles. The highest BCUT2D eigenvalue weighted by Crippen LogP contribution is 2.31. The molecule has 1 atom stereocenters. The molecule has 1 N–H and O–H groups in total. The van der Waals surface area contributed by atoms with Crippen molar-refractivity contribution >= 4 is 11.9 Å². The van der Waals surface area contributed by atoms with Crippen LogP contribution >= 0.6 is 0 Å². The molecule has 0 radical (unpaired) electrons. The number of amides is 1. The van der Waals surface area contributed by atoms with Gasteiger partial charge in [-0.15, -0.1) is 0 Å². The lowest BCUT2D eigenvalue weighted by molar-refractivity contribution is -0.147. The van der Waals surface area contributed by atoms with Crippen LogP contribution in [0, 0.1) is 5.41 Å². The highest BCUT2D eigenvalue weighted by Gasteiger charge is 2.42. The maximum atomic E-state index is 12.8. The molecule has 0 aliphatic carbocycles. The molecule has 1 aliphatic rings. The molecule has 6 nitrogen and oxygen atoms in total. The van der Waals surface area contributed by atoms with E-state index in [4.69, 9.17) is 0 Å². The monoisotopic (exact) mass is 341 g/mol. The second-order valence-electron chi connectivity index (χ2n) is 7.20. The first-order valence-corrected chi connectivity index (χ1v) is 8.50. The van der Waals surface area contributed by atoms with Gasteiger partial charge in [0.2, 0.25) is 0 Å². The predicted octanol–water partition coefficient (Wildman–Crippen LogP) is 2.93. The number of carboxylic acid groups (broad SMARTS) is 1. The van der Waals surface area contributed by atoms with Crippen LogP contribution in [0.15, 0.2) is 36.4 Å². The smallest absolute Gasteiger partial charge is 0.311 e. The summed E-state index contributed by atoms with van der Waals surface area (Å²) in [5.74, 6) is -0.862. The third kappa shape index (κ3) is 3.16. The molecule has 1 aromatic heterocycles. The van der Waals surface area contributed by atoms with Crippen LogP contribution in [-0.2, 0) is 4.79 Å². The van der Waals surface area contributed by atoms with Gasteiger partial charge in [-0.3, -0.25) is 9.59 Å². The summed E-state index contributed by atoms with van der Waals surface area (Å²) < 4.78 is 1.80. The van der Waals surface area contributed by atoms with Gasteiger partial charge in [-0.1, -0.05) is 32.0 Å². The second kappa shape index (κ2) is 6.35. The molecule has 25 heavy (non-hydrogen) atoms. The number of likely N-dealkylation sites (tertiary alicyclic amines) is 1. The average molecular weight is 341 g/mol. The van der Waals surface area contributed by atoms with Gasteiger partial charge in [0, 0.05) is 18.8 Å². The van der Waals surface area contributed by atoms with Gasteiger partial charge in [-0.25, -0.2) is 4.68 Å². The van der Waals surface area contributed by atoms with Gasteiger partial charge in [0.15, 0.2) is 5.69 Å².